The van der Waals surface area contributed by atoms with Crippen molar-refractivity contribution in [1.29, 1.82) is 0 Å². The highest BCUT2D eigenvalue weighted by atomic mass is 16.5. The third kappa shape index (κ3) is 5.86. The van der Waals surface area contributed by atoms with E-state index >= 15 is 0 Å². The fraction of sp³-hybridized carbons (Fsp3) is 0.600. The molecule has 1 heteroatoms. The van der Waals surface area contributed by atoms with Crippen molar-refractivity contribution in [1.82, 2.24) is 0 Å². The largest absolute Gasteiger partial charge is 0.377 e. The van der Waals surface area contributed by atoms with E-state index in [0.717, 1.165) is 12.8 Å². The van der Waals surface area contributed by atoms with Gasteiger partial charge in [0.05, 0.1) is 6.10 Å². The van der Waals surface area contributed by atoms with Crippen LogP contribution in [-0.4, -0.2) is 13.2 Å². The zero-order chi connectivity index (χ0) is 8.69. The lowest BCUT2D eigenvalue weighted by Gasteiger charge is -2.07. The highest BCUT2D eigenvalue weighted by molar-refractivity contribution is 4.94. The van der Waals surface area contributed by atoms with Gasteiger partial charge in [-0.2, -0.15) is 0 Å². The van der Waals surface area contributed by atoms with Crippen LogP contribution >= 0.6 is 0 Å². The van der Waals surface area contributed by atoms with E-state index < -0.39 is 0 Å². The molecule has 1 unspecified atom stereocenters. The Morgan fingerprint density at radius 3 is 2.55 bits per heavy atom. The first kappa shape index (κ1) is 10.4. The Morgan fingerprint density at radius 2 is 2.18 bits per heavy atom. The van der Waals surface area contributed by atoms with Gasteiger partial charge in [-0.15, -0.1) is 6.58 Å². The summed E-state index contributed by atoms with van der Waals surface area (Å²) < 4.78 is 5.13. The molecule has 0 spiro atoms. The monoisotopic (exact) mass is 154 g/mol. The molecule has 0 saturated heterocycles. The van der Waals surface area contributed by atoms with Gasteiger partial charge in [0.2, 0.25) is 0 Å². The summed E-state index contributed by atoms with van der Waals surface area (Å²) in [5.74, 6) is 0. The van der Waals surface area contributed by atoms with Crippen molar-refractivity contribution in [3.63, 3.8) is 0 Å². The Labute approximate surface area is 69.8 Å². The van der Waals surface area contributed by atoms with E-state index in [9.17, 15) is 0 Å². The van der Waals surface area contributed by atoms with Crippen LogP contribution in [-0.2, 0) is 4.74 Å². The maximum absolute atomic E-state index is 5.13. The molecule has 0 aromatic heterocycles. The Morgan fingerprint density at radius 1 is 1.55 bits per heavy atom. The lowest BCUT2D eigenvalue weighted by molar-refractivity contribution is 0.135. The second-order valence-electron chi connectivity index (χ2n) is 2.87. The molecule has 0 aliphatic heterocycles. The first-order chi connectivity index (χ1) is 5.20. The van der Waals surface area contributed by atoms with E-state index in [-0.39, 0.29) is 6.10 Å². The average Bonchev–Trinajstić information content (AvgIpc) is 1.98. The van der Waals surface area contributed by atoms with Crippen LogP contribution in [0.25, 0.3) is 0 Å². The summed E-state index contributed by atoms with van der Waals surface area (Å²) in [6.45, 7) is 7.90. The van der Waals surface area contributed by atoms with Crippen LogP contribution in [0.5, 0.6) is 0 Å². The molecule has 0 heterocycles. The molecule has 1 atom stereocenters. The molecule has 0 aliphatic rings. The Kier molecular flexibility index (Phi) is 5.86. The summed E-state index contributed by atoms with van der Waals surface area (Å²) >= 11 is 0. The number of rotatable bonds is 5. The third-order valence-electron chi connectivity index (χ3n) is 1.57. The van der Waals surface area contributed by atoms with Crippen LogP contribution in [0.2, 0.25) is 0 Å². The molecule has 0 N–H and O–H groups in total. The smallest absolute Gasteiger partial charge is 0.0752 e. The van der Waals surface area contributed by atoms with E-state index in [1.165, 1.54) is 5.57 Å². The van der Waals surface area contributed by atoms with Crippen molar-refractivity contribution in [3.8, 4) is 0 Å². The molecule has 0 aromatic rings. The molecule has 0 aliphatic carbocycles. The van der Waals surface area contributed by atoms with Gasteiger partial charge in [0.1, 0.15) is 0 Å². The number of methoxy groups -OCH3 is 1. The van der Waals surface area contributed by atoms with Gasteiger partial charge in [0, 0.05) is 7.11 Å². The zero-order valence-electron chi connectivity index (χ0n) is 7.76. The van der Waals surface area contributed by atoms with Crippen LogP contribution in [0, 0.1) is 0 Å². The third-order valence-corrected chi connectivity index (χ3v) is 1.57. The first-order valence-corrected chi connectivity index (χ1v) is 3.99. The minimum Gasteiger partial charge on any atom is -0.377 e. The van der Waals surface area contributed by atoms with Crippen LogP contribution in [0.1, 0.15) is 26.7 Å². The number of allylic oxidation sites excluding steroid dienone is 2. The molecule has 0 radical (unpaired) electrons. The SMILES string of the molecule is C=CC(CCC=C(C)C)OC. The second-order valence-corrected chi connectivity index (χ2v) is 2.87. The van der Waals surface area contributed by atoms with E-state index in [2.05, 4.69) is 26.5 Å². The number of ether oxygens (including phenoxy) is 1. The van der Waals surface area contributed by atoms with Gasteiger partial charge in [-0.3, -0.25) is 0 Å². The molecule has 0 amide bonds. The van der Waals surface area contributed by atoms with E-state index in [1.54, 1.807) is 7.11 Å². The minimum atomic E-state index is 0.214. The maximum atomic E-state index is 5.13. The molecule has 0 fully saturated rings. The van der Waals surface area contributed by atoms with Gasteiger partial charge in [-0.1, -0.05) is 17.7 Å². The van der Waals surface area contributed by atoms with E-state index in [1.807, 2.05) is 6.08 Å². The summed E-state index contributed by atoms with van der Waals surface area (Å²) in [6.07, 6.45) is 6.39. The summed E-state index contributed by atoms with van der Waals surface area (Å²) in [6, 6.07) is 0. The van der Waals surface area contributed by atoms with Crippen molar-refractivity contribution in [3.05, 3.63) is 24.3 Å². The number of hydrogen-bond acceptors (Lipinski definition) is 1. The summed E-state index contributed by atoms with van der Waals surface area (Å²) in [5.41, 5.74) is 1.36. The van der Waals surface area contributed by atoms with Gasteiger partial charge in [-0.25, -0.2) is 0 Å². The highest BCUT2D eigenvalue weighted by Gasteiger charge is 1.98. The highest BCUT2D eigenvalue weighted by Crippen LogP contribution is 2.04. The fourth-order valence-corrected chi connectivity index (χ4v) is 0.868. The molecule has 11 heavy (non-hydrogen) atoms. The summed E-state index contributed by atoms with van der Waals surface area (Å²) in [5, 5.41) is 0. The molecule has 1 nitrogen and oxygen atoms in total. The lowest BCUT2D eigenvalue weighted by Crippen LogP contribution is -2.04. The average molecular weight is 154 g/mol. The van der Waals surface area contributed by atoms with Gasteiger partial charge < -0.3 is 4.74 Å². The molecular formula is C10H18O. The van der Waals surface area contributed by atoms with Crippen molar-refractivity contribution in [2.45, 2.75) is 32.8 Å². The first-order valence-electron chi connectivity index (χ1n) is 3.99. The summed E-state index contributed by atoms with van der Waals surface area (Å²) in [7, 11) is 1.72. The van der Waals surface area contributed by atoms with Crippen LogP contribution < -0.4 is 0 Å². The van der Waals surface area contributed by atoms with Gasteiger partial charge >= 0.3 is 0 Å². The van der Waals surface area contributed by atoms with Crippen LogP contribution in [0.15, 0.2) is 24.3 Å². The fourth-order valence-electron chi connectivity index (χ4n) is 0.868. The standard InChI is InChI=1S/C10H18O/c1-5-10(11-4)8-6-7-9(2)3/h5,7,10H,1,6,8H2,2-4H3. The van der Waals surface area contributed by atoms with E-state index in [0.29, 0.717) is 0 Å². The molecule has 0 aromatic carbocycles. The second kappa shape index (κ2) is 6.17. The van der Waals surface area contributed by atoms with Crippen molar-refractivity contribution in [2.24, 2.45) is 0 Å². The van der Waals surface area contributed by atoms with Gasteiger partial charge in [-0.05, 0) is 26.7 Å². The van der Waals surface area contributed by atoms with Crippen molar-refractivity contribution >= 4 is 0 Å². The molecule has 0 rings (SSSR count). The zero-order valence-corrected chi connectivity index (χ0v) is 7.76. The number of hydrogen-bond donors (Lipinski definition) is 0. The molecule has 0 saturated carbocycles. The predicted molar refractivity (Wildman–Crippen MR) is 49.7 cm³/mol. The molecular weight excluding hydrogens is 136 g/mol. The Hall–Kier alpha value is -0.560. The van der Waals surface area contributed by atoms with Crippen molar-refractivity contribution in [2.75, 3.05) is 7.11 Å². The van der Waals surface area contributed by atoms with Gasteiger partial charge in [0.25, 0.3) is 0 Å². The molecule has 64 valence electrons. The van der Waals surface area contributed by atoms with Crippen LogP contribution in [0.4, 0.5) is 0 Å². The van der Waals surface area contributed by atoms with Crippen molar-refractivity contribution < 1.29 is 4.74 Å². The topological polar surface area (TPSA) is 9.23 Å². The van der Waals surface area contributed by atoms with Crippen LogP contribution in [0.3, 0.4) is 0 Å². The van der Waals surface area contributed by atoms with E-state index in [4.69, 9.17) is 4.74 Å². The predicted octanol–water partition coefficient (Wildman–Crippen LogP) is 2.93. The quantitative estimate of drug-likeness (QED) is 0.553. The minimum absolute atomic E-state index is 0.214. The van der Waals surface area contributed by atoms with Gasteiger partial charge in [0.15, 0.2) is 0 Å². The Bertz CT molecular complexity index is 132. The molecule has 0 bridgehead atoms. The normalized spacial score (nSPS) is 12.3. The maximum Gasteiger partial charge on any atom is 0.0752 e. The summed E-state index contributed by atoms with van der Waals surface area (Å²) in [4.78, 5) is 0. The lowest BCUT2D eigenvalue weighted by atomic mass is 10.1. The Balaban J connectivity index is 3.51.